The maximum Gasteiger partial charge on any atom is 0.302 e. The number of halogens is 2. The summed E-state index contributed by atoms with van der Waals surface area (Å²) < 4.78 is 38.6. The standard InChI is InChI=1S/C32H35F2N3O3/c1-7-9-29(31(34)22(4)33)32-35-23(5)30(36-32)20-37(8-2)19-25-10-12-26(13-11-25)28-15-14-27(18-21(28)3)40-17-16-39-24(6)38/h7-15,18,20,22H,2,16-17,19H2,1,3-6H3/b9-7-,30-20+,31-29-. The maximum absolute atomic E-state index is 14.4. The van der Waals surface area contributed by atoms with Gasteiger partial charge >= 0.3 is 5.97 Å². The van der Waals surface area contributed by atoms with Gasteiger partial charge in [-0.1, -0.05) is 49.1 Å². The fraction of sp³-hybridized carbons (Fsp3) is 0.281. The number of esters is 1. The van der Waals surface area contributed by atoms with Crippen LogP contribution in [0.15, 0.2) is 101 Å². The van der Waals surface area contributed by atoms with Crippen molar-refractivity contribution < 1.29 is 23.0 Å². The van der Waals surface area contributed by atoms with Gasteiger partial charge in [-0.25, -0.2) is 18.8 Å². The van der Waals surface area contributed by atoms with Crippen molar-refractivity contribution in [2.24, 2.45) is 9.98 Å². The Balaban J connectivity index is 1.72. The Kier molecular flexibility index (Phi) is 10.7. The van der Waals surface area contributed by atoms with Crippen molar-refractivity contribution in [3.63, 3.8) is 0 Å². The van der Waals surface area contributed by atoms with Crippen LogP contribution in [-0.2, 0) is 16.1 Å². The van der Waals surface area contributed by atoms with Crippen LogP contribution in [0.4, 0.5) is 8.78 Å². The molecule has 0 N–H and O–H groups in total. The molecule has 1 aliphatic heterocycles. The largest absolute Gasteiger partial charge is 0.490 e. The molecule has 0 fully saturated rings. The Morgan fingerprint density at radius 3 is 2.45 bits per heavy atom. The molecule has 1 heterocycles. The number of amidine groups is 1. The molecule has 1 unspecified atom stereocenters. The fourth-order valence-electron chi connectivity index (χ4n) is 4.04. The summed E-state index contributed by atoms with van der Waals surface area (Å²) in [4.78, 5) is 21.6. The number of aryl methyl sites for hydroxylation is 1. The molecule has 0 saturated carbocycles. The van der Waals surface area contributed by atoms with E-state index in [0.717, 1.165) is 29.2 Å². The van der Waals surface area contributed by atoms with E-state index in [1.807, 2.05) is 42.2 Å². The first-order valence-corrected chi connectivity index (χ1v) is 13.0. The van der Waals surface area contributed by atoms with E-state index in [1.54, 1.807) is 32.3 Å². The van der Waals surface area contributed by atoms with Crippen molar-refractivity contribution in [1.82, 2.24) is 4.90 Å². The molecule has 40 heavy (non-hydrogen) atoms. The van der Waals surface area contributed by atoms with Crippen molar-refractivity contribution in [1.29, 1.82) is 0 Å². The van der Waals surface area contributed by atoms with E-state index in [1.165, 1.54) is 13.0 Å². The van der Waals surface area contributed by atoms with Gasteiger partial charge in [-0.05, 0) is 68.3 Å². The maximum atomic E-state index is 14.4. The second-order valence-electron chi connectivity index (χ2n) is 9.24. The zero-order valence-electron chi connectivity index (χ0n) is 23.6. The lowest BCUT2D eigenvalue weighted by Crippen LogP contribution is -2.10. The molecule has 1 aliphatic rings. The highest BCUT2D eigenvalue weighted by Gasteiger charge is 2.21. The smallest absolute Gasteiger partial charge is 0.302 e. The quantitative estimate of drug-likeness (QED) is 0.158. The van der Waals surface area contributed by atoms with Crippen molar-refractivity contribution in [2.75, 3.05) is 13.2 Å². The Morgan fingerprint density at radius 2 is 1.85 bits per heavy atom. The summed E-state index contributed by atoms with van der Waals surface area (Å²) >= 11 is 0. The second kappa shape index (κ2) is 14.2. The monoisotopic (exact) mass is 547 g/mol. The Hall–Kier alpha value is -4.33. The first kappa shape index (κ1) is 30.2. The highest BCUT2D eigenvalue weighted by molar-refractivity contribution is 6.18. The number of aliphatic imine (C=N–C) groups is 2. The second-order valence-corrected chi connectivity index (χ2v) is 9.24. The Bertz CT molecular complexity index is 1390. The minimum absolute atomic E-state index is 0.0397. The summed E-state index contributed by atoms with van der Waals surface area (Å²) in [6.45, 7) is 13.0. The zero-order chi connectivity index (χ0) is 29.2. The lowest BCUT2D eigenvalue weighted by Gasteiger charge is -2.16. The molecule has 210 valence electrons. The van der Waals surface area contributed by atoms with Gasteiger partial charge in [0.1, 0.15) is 36.7 Å². The van der Waals surface area contributed by atoms with E-state index in [9.17, 15) is 13.6 Å². The average Bonchev–Trinajstić information content (AvgIpc) is 3.28. The summed E-state index contributed by atoms with van der Waals surface area (Å²) in [5, 5.41) is 0. The summed E-state index contributed by atoms with van der Waals surface area (Å²) in [7, 11) is 0. The molecular formula is C32H35F2N3O3. The van der Waals surface area contributed by atoms with Gasteiger partial charge in [0.2, 0.25) is 0 Å². The van der Waals surface area contributed by atoms with Gasteiger partial charge in [-0.2, -0.15) is 0 Å². The van der Waals surface area contributed by atoms with Gasteiger partial charge < -0.3 is 14.4 Å². The Labute approximate surface area is 234 Å². The molecule has 3 rings (SSSR count). The van der Waals surface area contributed by atoms with E-state index in [2.05, 4.69) is 28.7 Å². The van der Waals surface area contributed by atoms with Crippen LogP contribution in [0.25, 0.3) is 11.1 Å². The molecule has 0 bridgehead atoms. The molecule has 0 saturated heterocycles. The predicted octanol–water partition coefficient (Wildman–Crippen LogP) is 7.42. The lowest BCUT2D eigenvalue weighted by molar-refractivity contribution is -0.141. The molecule has 0 amide bonds. The van der Waals surface area contributed by atoms with Crippen LogP contribution < -0.4 is 4.74 Å². The van der Waals surface area contributed by atoms with Gasteiger partial charge in [-0.3, -0.25) is 4.79 Å². The van der Waals surface area contributed by atoms with Crippen molar-refractivity contribution >= 4 is 17.5 Å². The van der Waals surface area contributed by atoms with E-state index in [4.69, 9.17) is 9.47 Å². The number of ether oxygens (including phenoxy) is 2. The van der Waals surface area contributed by atoms with Gasteiger partial charge in [0.05, 0.1) is 11.3 Å². The van der Waals surface area contributed by atoms with Crippen LogP contribution in [0.5, 0.6) is 5.75 Å². The molecular weight excluding hydrogens is 512 g/mol. The summed E-state index contributed by atoms with van der Waals surface area (Å²) in [5.74, 6) is -0.365. The van der Waals surface area contributed by atoms with Gasteiger partial charge in [0.15, 0.2) is 5.84 Å². The normalized spacial score (nSPS) is 15.4. The van der Waals surface area contributed by atoms with Gasteiger partial charge in [-0.15, -0.1) is 0 Å². The third kappa shape index (κ3) is 8.09. The van der Waals surface area contributed by atoms with Crippen LogP contribution in [0.3, 0.4) is 0 Å². The van der Waals surface area contributed by atoms with Crippen LogP contribution in [0, 0.1) is 6.92 Å². The number of alkyl halides is 1. The predicted molar refractivity (Wildman–Crippen MR) is 157 cm³/mol. The van der Waals surface area contributed by atoms with Crippen LogP contribution in [0.2, 0.25) is 0 Å². The molecule has 8 heteroatoms. The summed E-state index contributed by atoms with van der Waals surface area (Å²) in [5.41, 5.74) is 5.46. The first-order valence-electron chi connectivity index (χ1n) is 13.0. The number of allylic oxidation sites excluding steroid dienone is 3. The SMILES string of the molecule is C=CN(/C=C1N=C(C(/C=C\C)=C(\F)C(C)F)N=C/1C)Cc1ccc(-c2ccc(OCCOC(C)=O)cc2C)cc1. The molecule has 6 nitrogen and oxygen atoms in total. The van der Waals surface area contributed by atoms with Crippen molar-refractivity contribution in [3.05, 3.63) is 102 Å². The van der Waals surface area contributed by atoms with E-state index < -0.39 is 12.0 Å². The molecule has 0 radical (unpaired) electrons. The number of nitrogens with zero attached hydrogens (tertiary/aromatic N) is 3. The highest BCUT2D eigenvalue weighted by Crippen LogP contribution is 2.28. The first-order chi connectivity index (χ1) is 19.1. The van der Waals surface area contributed by atoms with Crippen LogP contribution in [0.1, 0.15) is 38.8 Å². The van der Waals surface area contributed by atoms with Gasteiger partial charge in [0, 0.05) is 19.7 Å². The van der Waals surface area contributed by atoms with Crippen molar-refractivity contribution in [3.8, 4) is 16.9 Å². The number of rotatable bonds is 12. The molecule has 2 aromatic rings. The van der Waals surface area contributed by atoms with Crippen LogP contribution >= 0.6 is 0 Å². The number of hydrogen-bond acceptors (Lipinski definition) is 6. The van der Waals surface area contributed by atoms with Crippen LogP contribution in [-0.4, -0.2) is 41.8 Å². The third-order valence-corrected chi connectivity index (χ3v) is 6.06. The average molecular weight is 548 g/mol. The molecule has 2 aromatic carbocycles. The van der Waals surface area contributed by atoms with E-state index in [0.29, 0.717) is 30.3 Å². The lowest BCUT2D eigenvalue weighted by atomic mass is 9.99. The molecule has 1 atom stereocenters. The molecule has 0 spiro atoms. The summed E-state index contributed by atoms with van der Waals surface area (Å²) in [6, 6.07) is 14.1. The van der Waals surface area contributed by atoms with E-state index >= 15 is 0 Å². The third-order valence-electron chi connectivity index (χ3n) is 6.06. The number of hydrogen-bond donors (Lipinski definition) is 0. The summed E-state index contributed by atoms with van der Waals surface area (Å²) in [6.07, 6.45) is 4.83. The number of carbonyl (C=O) groups excluding carboxylic acids is 1. The van der Waals surface area contributed by atoms with Crippen molar-refractivity contribution in [2.45, 2.75) is 47.3 Å². The highest BCUT2D eigenvalue weighted by atomic mass is 19.2. The number of carbonyl (C=O) groups is 1. The number of benzene rings is 2. The van der Waals surface area contributed by atoms with E-state index in [-0.39, 0.29) is 24.0 Å². The zero-order valence-corrected chi connectivity index (χ0v) is 23.6. The Morgan fingerprint density at radius 1 is 1.12 bits per heavy atom. The topological polar surface area (TPSA) is 63.5 Å². The fourth-order valence-corrected chi connectivity index (χ4v) is 4.04. The van der Waals surface area contributed by atoms with Gasteiger partial charge in [0.25, 0.3) is 0 Å². The molecule has 0 aromatic heterocycles. The minimum Gasteiger partial charge on any atom is -0.490 e. The minimum atomic E-state index is -1.75. The molecule has 0 aliphatic carbocycles.